The van der Waals surface area contributed by atoms with E-state index < -0.39 is 42.4 Å². The molecule has 0 fully saturated rings. The Morgan fingerprint density at radius 2 is 1.24 bits per heavy atom. The summed E-state index contributed by atoms with van der Waals surface area (Å²) >= 11 is 0. The van der Waals surface area contributed by atoms with Crippen LogP contribution in [0, 0.1) is 0 Å². The molecule has 3 amide bonds. The number of nitrogens with two attached hydrogens (primary N) is 1. The molecule has 0 aliphatic carbocycles. The minimum Gasteiger partial charge on any atom is -0.481 e. The number of rotatable bonds is 22. The first-order valence-electron chi connectivity index (χ1n) is 12.2. The Morgan fingerprint density at radius 1 is 0.730 bits per heavy atom. The Kier molecular flexibility index (Phi) is 18.1. The molecule has 13 heteroatoms. The van der Waals surface area contributed by atoms with Gasteiger partial charge in [0.2, 0.25) is 5.91 Å². The zero-order chi connectivity index (χ0) is 28.1. The van der Waals surface area contributed by atoms with Crippen LogP contribution in [0.25, 0.3) is 0 Å². The monoisotopic (exact) mass is 525 g/mol. The first-order valence-corrected chi connectivity index (χ1v) is 12.2. The third kappa shape index (κ3) is 19.0. The molecule has 0 heterocycles. The van der Waals surface area contributed by atoms with Crippen LogP contribution >= 0.6 is 0 Å². The van der Waals surface area contributed by atoms with Gasteiger partial charge in [0, 0.05) is 25.9 Å². The van der Waals surface area contributed by atoms with Crippen molar-refractivity contribution < 1.29 is 39.3 Å². The van der Waals surface area contributed by atoms with Gasteiger partial charge >= 0.3 is 23.9 Å². The highest BCUT2D eigenvalue weighted by Gasteiger charge is 2.24. The van der Waals surface area contributed by atoms with Crippen molar-refractivity contribution in [3.63, 3.8) is 0 Å². The van der Waals surface area contributed by atoms with Crippen molar-refractivity contribution in [3.05, 3.63) is 23.9 Å². The molecular formula is C24H39N5O8. The zero-order valence-electron chi connectivity index (χ0n) is 21.0. The van der Waals surface area contributed by atoms with Crippen molar-refractivity contribution in [2.45, 2.75) is 82.7 Å². The van der Waals surface area contributed by atoms with Gasteiger partial charge in [-0.05, 0) is 50.8 Å². The van der Waals surface area contributed by atoms with Crippen LogP contribution in [-0.4, -0.2) is 70.3 Å². The highest BCUT2D eigenvalue weighted by atomic mass is 16.4. The van der Waals surface area contributed by atoms with Gasteiger partial charge in [-0.15, -0.1) is 0 Å². The molecule has 37 heavy (non-hydrogen) atoms. The van der Waals surface area contributed by atoms with E-state index in [0.29, 0.717) is 38.2 Å². The number of hydrogen-bond donors (Lipinski definition) is 8. The summed E-state index contributed by atoms with van der Waals surface area (Å²) in [4.78, 5) is 56.0. The van der Waals surface area contributed by atoms with Crippen LogP contribution < -0.4 is 27.0 Å². The summed E-state index contributed by atoms with van der Waals surface area (Å²) in [5.74, 6) is -3.57. The lowest BCUT2D eigenvalue weighted by atomic mass is 10.1. The Balaban J connectivity index is 4.32. The van der Waals surface area contributed by atoms with E-state index in [1.165, 1.54) is 0 Å². The van der Waals surface area contributed by atoms with Crippen molar-refractivity contribution in [2.75, 3.05) is 13.1 Å². The number of carboxylic acids is 3. The molecule has 2 atom stereocenters. The number of carbonyl (C=O) groups excluding carboxylic acids is 2. The van der Waals surface area contributed by atoms with Gasteiger partial charge in [-0.2, -0.15) is 0 Å². The Hall–Kier alpha value is -3.95. The number of aliphatic carboxylic acids is 3. The van der Waals surface area contributed by atoms with Crippen LogP contribution in [0.3, 0.4) is 0 Å². The Morgan fingerprint density at radius 3 is 1.76 bits per heavy atom. The Labute approximate surface area is 216 Å². The van der Waals surface area contributed by atoms with Gasteiger partial charge in [0.15, 0.2) is 5.82 Å². The molecule has 0 saturated carbocycles. The predicted molar refractivity (Wildman–Crippen MR) is 134 cm³/mol. The van der Waals surface area contributed by atoms with Gasteiger partial charge in [-0.3, -0.25) is 9.59 Å². The van der Waals surface area contributed by atoms with E-state index in [9.17, 15) is 29.1 Å². The number of carbonyl (C=O) groups is 5. The standard InChI is InChI=1S/C24H39N5O8/c1-2-10-20(26-15-8-5-3-4-6-12-19(25)30)27-16-9-7-11-17(22(33)34)28-24(37)29-18(23(35)36)13-14-21(31)32/h17-18,26-27H,1,3-9,11-16H2,(H2,25,30)(H,31,32)(H,33,34)(H,35,36)(H2,28,29,37)/t17-,18-/m0/s1. The number of nitrogens with one attached hydrogen (secondary N) is 4. The number of amides is 3. The van der Waals surface area contributed by atoms with Gasteiger partial charge in [0.05, 0.1) is 0 Å². The van der Waals surface area contributed by atoms with Crippen LogP contribution in [-0.2, 0) is 19.2 Å². The van der Waals surface area contributed by atoms with E-state index in [2.05, 4.69) is 39.3 Å². The van der Waals surface area contributed by atoms with Crippen molar-refractivity contribution in [1.29, 1.82) is 0 Å². The lowest BCUT2D eigenvalue weighted by Gasteiger charge is -2.18. The van der Waals surface area contributed by atoms with E-state index in [4.69, 9.17) is 15.9 Å². The van der Waals surface area contributed by atoms with Crippen LogP contribution in [0.4, 0.5) is 4.79 Å². The zero-order valence-corrected chi connectivity index (χ0v) is 21.0. The topological polar surface area (TPSA) is 220 Å². The lowest BCUT2D eigenvalue weighted by molar-refractivity contribution is -0.140. The fraction of sp³-hybridized carbons (Fsp3) is 0.625. The van der Waals surface area contributed by atoms with Gasteiger partial charge < -0.3 is 42.3 Å². The molecule has 0 aromatic carbocycles. The largest absolute Gasteiger partial charge is 0.481 e. The molecule has 0 aromatic heterocycles. The molecular weight excluding hydrogens is 486 g/mol. The molecule has 9 N–H and O–H groups in total. The molecule has 0 aliphatic heterocycles. The highest BCUT2D eigenvalue weighted by Crippen LogP contribution is 2.05. The third-order valence-electron chi connectivity index (χ3n) is 5.19. The second-order valence-corrected chi connectivity index (χ2v) is 8.34. The van der Waals surface area contributed by atoms with Gasteiger partial charge in [-0.1, -0.05) is 25.0 Å². The number of urea groups is 1. The summed E-state index contributed by atoms with van der Waals surface area (Å²) in [6.07, 6.45) is 5.44. The molecule has 208 valence electrons. The number of unbranched alkanes of at least 4 members (excludes halogenated alkanes) is 5. The maximum Gasteiger partial charge on any atom is 0.326 e. The molecule has 0 saturated heterocycles. The number of carboxylic acid groups (broad SMARTS) is 3. The number of hydrogen-bond acceptors (Lipinski definition) is 7. The van der Waals surface area contributed by atoms with Crippen LogP contribution in [0.1, 0.15) is 70.6 Å². The van der Waals surface area contributed by atoms with Gasteiger partial charge in [-0.25, -0.2) is 14.4 Å². The molecule has 0 bridgehead atoms. The fourth-order valence-electron chi connectivity index (χ4n) is 3.23. The molecule has 0 aliphatic rings. The van der Waals surface area contributed by atoms with E-state index in [1.54, 1.807) is 0 Å². The van der Waals surface area contributed by atoms with Crippen molar-refractivity contribution in [1.82, 2.24) is 21.3 Å². The third-order valence-corrected chi connectivity index (χ3v) is 5.19. The quantitative estimate of drug-likeness (QED) is 0.0740. The maximum absolute atomic E-state index is 12.0. The van der Waals surface area contributed by atoms with Gasteiger partial charge in [0.1, 0.15) is 12.1 Å². The normalized spacial score (nSPS) is 11.7. The van der Waals surface area contributed by atoms with E-state index in [-0.39, 0.29) is 18.7 Å². The first kappa shape index (κ1) is 33.0. The SMILES string of the molecule is C=C=C=C(NCCCCCCCC(N)=O)NCCCC[C@H](NC(=O)N[C@@H](CCC(=O)O)C(=O)O)C(=O)O. The van der Waals surface area contributed by atoms with E-state index >= 15 is 0 Å². The molecule has 0 radical (unpaired) electrons. The van der Waals surface area contributed by atoms with Crippen molar-refractivity contribution in [2.24, 2.45) is 5.73 Å². The van der Waals surface area contributed by atoms with E-state index in [1.807, 2.05) is 0 Å². The minimum atomic E-state index is -1.45. The molecule has 13 nitrogen and oxygen atoms in total. The van der Waals surface area contributed by atoms with Crippen LogP contribution in [0.15, 0.2) is 23.9 Å². The second kappa shape index (κ2) is 20.3. The summed E-state index contributed by atoms with van der Waals surface area (Å²) < 4.78 is 0. The first-order chi connectivity index (χ1) is 17.6. The van der Waals surface area contributed by atoms with Crippen molar-refractivity contribution in [3.8, 4) is 0 Å². The molecule has 0 spiro atoms. The summed E-state index contributed by atoms with van der Waals surface area (Å²) in [5.41, 5.74) is 10.5. The highest BCUT2D eigenvalue weighted by molar-refractivity contribution is 5.86. The average Bonchev–Trinajstić information content (AvgIpc) is 2.81. The second-order valence-electron chi connectivity index (χ2n) is 8.34. The lowest BCUT2D eigenvalue weighted by Crippen LogP contribution is -2.51. The summed E-state index contributed by atoms with van der Waals surface area (Å²) in [6, 6.07) is -3.69. The smallest absolute Gasteiger partial charge is 0.326 e. The summed E-state index contributed by atoms with van der Waals surface area (Å²) in [6.45, 7) is 4.71. The van der Waals surface area contributed by atoms with Crippen LogP contribution in [0.5, 0.6) is 0 Å². The molecule has 0 unspecified atom stereocenters. The Bertz CT molecular complexity index is 850. The molecule has 0 aromatic rings. The van der Waals surface area contributed by atoms with Crippen molar-refractivity contribution >= 4 is 29.8 Å². The maximum atomic E-state index is 12.0. The fourth-order valence-corrected chi connectivity index (χ4v) is 3.23. The minimum absolute atomic E-state index is 0.108. The summed E-state index contributed by atoms with van der Waals surface area (Å²) in [5, 5.41) is 37.8. The average molecular weight is 526 g/mol. The predicted octanol–water partition coefficient (Wildman–Crippen LogP) is 1.01. The van der Waals surface area contributed by atoms with E-state index in [0.717, 1.165) is 32.1 Å². The summed E-state index contributed by atoms with van der Waals surface area (Å²) in [7, 11) is 0. The molecule has 0 rings (SSSR count). The van der Waals surface area contributed by atoms with Gasteiger partial charge in [0.25, 0.3) is 0 Å². The number of primary amides is 1. The van der Waals surface area contributed by atoms with Crippen LogP contribution in [0.2, 0.25) is 0 Å².